The maximum absolute atomic E-state index is 9.75. The van der Waals surface area contributed by atoms with Crippen molar-refractivity contribution in [3.05, 3.63) is 265 Å². The zero-order chi connectivity index (χ0) is 52.3. The minimum Gasteiger partial charge on any atom is -0.418 e. The Balaban J connectivity index is 0.00000114. The molecule has 13 rings (SSSR count). The molecular weight excluding hydrogens is 962 g/mol. The molecule has 0 spiro atoms. The molecule has 6 heterocycles. The van der Waals surface area contributed by atoms with Gasteiger partial charge in [0.05, 0.1) is 22.8 Å². The van der Waals surface area contributed by atoms with Crippen molar-refractivity contribution in [1.82, 2.24) is 19.9 Å². The highest BCUT2D eigenvalue weighted by atomic mass is 19.5. The van der Waals surface area contributed by atoms with Gasteiger partial charge in [0, 0.05) is 79.7 Å². The summed E-state index contributed by atoms with van der Waals surface area (Å²) in [6.07, 6.45) is 8.62. The van der Waals surface area contributed by atoms with Gasteiger partial charge in [0.2, 0.25) is 17.1 Å². The first kappa shape index (κ1) is 48.0. The van der Waals surface area contributed by atoms with E-state index in [0.29, 0.717) is 0 Å². The van der Waals surface area contributed by atoms with Crippen molar-refractivity contribution in [3.8, 4) is 83.8 Å². The van der Waals surface area contributed by atoms with Crippen LogP contribution in [0.1, 0.15) is 22.8 Å². The number of H-pyrrole nitrogens is 2. The van der Waals surface area contributed by atoms with Crippen LogP contribution < -0.4 is 4.57 Å². The number of hydrogen-bond donors (Lipinski definition) is 2. The van der Waals surface area contributed by atoms with Gasteiger partial charge < -0.3 is 27.2 Å². The highest BCUT2D eigenvalue weighted by Gasteiger charge is 2.26. The standard InChI is InChI=1S/C67H46N5.BF4/c1-7-19-45(20-8-1)52-43-62(46-21-9-2-10-22-46)72(63(44-52)47-23-11-3-12-24-47)53-33-31-51(32-34-53)67-60-41-39-58(70-60)65(49-27-15-5-16-28-49)56-37-35-54(68-56)64(48-25-13-4-14-26-48)55-36-38-57(69-55)66(50-29-17-6-18-30-50)59-40-42-61(67)71-59;2-1(3,4)5/h1-44,68,71H;/q+1;-1. The van der Waals surface area contributed by atoms with Crippen molar-refractivity contribution in [2.24, 2.45) is 0 Å². The Morgan fingerprint density at radius 3 is 0.844 bits per heavy atom. The Morgan fingerprint density at radius 2 is 0.545 bits per heavy atom. The third kappa shape index (κ3) is 10.1. The molecule has 2 aliphatic rings. The van der Waals surface area contributed by atoms with Gasteiger partial charge in [-0.1, -0.05) is 158 Å². The van der Waals surface area contributed by atoms with Gasteiger partial charge in [-0.3, -0.25) is 0 Å². The second-order valence-corrected chi connectivity index (χ2v) is 18.6. The van der Waals surface area contributed by atoms with E-state index in [1.807, 2.05) is 0 Å². The number of hydrogen-bond acceptors (Lipinski definition) is 2. The van der Waals surface area contributed by atoms with Crippen LogP contribution in [0, 0.1) is 0 Å². The fourth-order valence-corrected chi connectivity index (χ4v) is 10.3. The molecule has 0 unspecified atom stereocenters. The molecule has 0 saturated carbocycles. The molecule has 2 aliphatic heterocycles. The molecule has 10 heteroatoms. The van der Waals surface area contributed by atoms with Crippen LogP contribution in [0.4, 0.5) is 17.3 Å². The molecule has 370 valence electrons. The highest BCUT2D eigenvalue weighted by Crippen LogP contribution is 2.39. The minimum atomic E-state index is -6.00. The van der Waals surface area contributed by atoms with E-state index in [2.05, 4.69) is 281 Å². The van der Waals surface area contributed by atoms with Crippen LogP contribution in [0.15, 0.2) is 243 Å². The quantitative estimate of drug-likeness (QED) is 0.0905. The number of benzene rings is 7. The van der Waals surface area contributed by atoms with Crippen molar-refractivity contribution >= 4 is 53.6 Å². The molecule has 0 atom stereocenters. The van der Waals surface area contributed by atoms with Gasteiger partial charge in [-0.2, -0.15) is 4.57 Å². The Kier molecular flexibility index (Phi) is 13.0. The molecule has 4 aromatic heterocycles. The molecule has 11 aromatic rings. The predicted molar refractivity (Wildman–Crippen MR) is 309 cm³/mol. The van der Waals surface area contributed by atoms with Crippen molar-refractivity contribution in [2.45, 2.75) is 0 Å². The first-order valence-corrected chi connectivity index (χ1v) is 25.3. The Bertz CT molecular complexity index is 4060. The lowest BCUT2D eigenvalue weighted by molar-refractivity contribution is -0.572. The van der Waals surface area contributed by atoms with Gasteiger partial charge in [0.25, 0.3) is 0 Å². The topological polar surface area (TPSA) is 61.2 Å². The normalized spacial score (nSPS) is 11.8. The van der Waals surface area contributed by atoms with E-state index >= 15 is 0 Å². The summed E-state index contributed by atoms with van der Waals surface area (Å²) in [7, 11) is -6.00. The van der Waals surface area contributed by atoms with E-state index in [4.69, 9.17) is 9.97 Å². The molecule has 0 aliphatic carbocycles. The summed E-state index contributed by atoms with van der Waals surface area (Å²) in [6.45, 7) is 0. The van der Waals surface area contributed by atoms with Crippen molar-refractivity contribution in [1.29, 1.82) is 0 Å². The smallest absolute Gasteiger partial charge is 0.418 e. The summed E-state index contributed by atoms with van der Waals surface area (Å²) in [4.78, 5) is 18.8. The second-order valence-electron chi connectivity index (χ2n) is 18.6. The molecule has 2 N–H and O–H groups in total. The van der Waals surface area contributed by atoms with Crippen LogP contribution in [0.25, 0.3) is 130 Å². The predicted octanol–water partition coefficient (Wildman–Crippen LogP) is 17.9. The number of aromatic amines is 2. The third-order valence-electron chi connectivity index (χ3n) is 13.7. The zero-order valence-corrected chi connectivity index (χ0v) is 41.3. The minimum absolute atomic E-state index is 0.861. The van der Waals surface area contributed by atoms with Crippen molar-refractivity contribution in [3.63, 3.8) is 0 Å². The van der Waals surface area contributed by atoms with Gasteiger partial charge in [0.1, 0.15) is 0 Å². The monoisotopic (exact) mass is 1010 g/mol. The Morgan fingerprint density at radius 1 is 0.286 bits per heavy atom. The van der Waals surface area contributed by atoms with Crippen LogP contribution in [-0.2, 0) is 0 Å². The van der Waals surface area contributed by atoms with Gasteiger partial charge in [-0.15, -0.1) is 0 Å². The van der Waals surface area contributed by atoms with Gasteiger partial charge in [-0.05, 0) is 118 Å². The van der Waals surface area contributed by atoms with E-state index in [1.54, 1.807) is 0 Å². The van der Waals surface area contributed by atoms with Crippen LogP contribution in [0.2, 0.25) is 0 Å². The van der Waals surface area contributed by atoms with E-state index < -0.39 is 7.25 Å². The summed E-state index contributed by atoms with van der Waals surface area (Å²) >= 11 is 0. The number of pyridine rings is 1. The molecular formula is C67H46BF4N5. The summed E-state index contributed by atoms with van der Waals surface area (Å²) in [5, 5.41) is 0. The Hall–Kier alpha value is -9.93. The average Bonchev–Trinajstić information content (AvgIpc) is 4.39. The third-order valence-corrected chi connectivity index (χ3v) is 13.7. The number of nitrogens with zero attached hydrogens (tertiary/aromatic N) is 3. The summed E-state index contributed by atoms with van der Waals surface area (Å²) in [6, 6.07) is 86.0. The van der Waals surface area contributed by atoms with E-state index in [1.165, 1.54) is 5.56 Å². The van der Waals surface area contributed by atoms with E-state index in [9.17, 15) is 17.3 Å². The fourth-order valence-electron chi connectivity index (χ4n) is 10.3. The van der Waals surface area contributed by atoms with Crippen molar-refractivity contribution < 1.29 is 21.8 Å². The molecule has 0 saturated heterocycles. The lowest BCUT2D eigenvalue weighted by Crippen LogP contribution is -2.36. The molecule has 77 heavy (non-hydrogen) atoms. The van der Waals surface area contributed by atoms with Crippen LogP contribution in [0.5, 0.6) is 0 Å². The molecule has 5 nitrogen and oxygen atoms in total. The average molecular weight is 1010 g/mol. The van der Waals surface area contributed by atoms with Gasteiger partial charge in [-0.25, -0.2) is 9.97 Å². The van der Waals surface area contributed by atoms with Crippen LogP contribution >= 0.6 is 0 Å². The Labute approximate surface area is 442 Å². The SMILES string of the molecule is C1=Cc2nc1c(-c1ccccc1)c1ccc([nH]1)c(-c1ccccc1)c1nc(c(-c3ccc(-[n+]4c(-c5ccccc5)cc(-c5ccccc5)cc4-c4ccccc4)cc3)c3ccc([nH]3)c2-c2ccccc2)C=C1.F[B-](F)(F)F. The molecule has 7 aromatic carbocycles. The van der Waals surface area contributed by atoms with Gasteiger partial charge in [0.15, 0.2) is 0 Å². The maximum atomic E-state index is 9.75. The number of halogens is 4. The number of fused-ring (bicyclic) bond motifs is 8. The summed E-state index contributed by atoms with van der Waals surface area (Å²) in [5.41, 5.74) is 23.5. The van der Waals surface area contributed by atoms with Gasteiger partial charge >= 0.3 is 7.25 Å². The largest absolute Gasteiger partial charge is 0.673 e. The van der Waals surface area contributed by atoms with E-state index in [-0.39, 0.29) is 0 Å². The van der Waals surface area contributed by atoms with Crippen molar-refractivity contribution in [2.75, 3.05) is 0 Å². The summed E-state index contributed by atoms with van der Waals surface area (Å²) < 4.78 is 41.4. The number of aromatic nitrogens is 5. The molecule has 0 fully saturated rings. The zero-order valence-electron chi connectivity index (χ0n) is 41.3. The van der Waals surface area contributed by atoms with Crippen LogP contribution in [-0.4, -0.2) is 27.2 Å². The molecule has 0 amide bonds. The second kappa shape index (κ2) is 20.8. The lowest BCUT2D eigenvalue weighted by atomic mass is 9.98. The first-order valence-electron chi connectivity index (χ1n) is 25.3. The number of rotatable bonds is 8. The van der Waals surface area contributed by atoms with E-state index in [0.717, 1.165) is 123 Å². The molecule has 0 radical (unpaired) electrons. The fraction of sp³-hybridized carbons (Fsp3) is 0. The first-order chi connectivity index (χ1) is 37.7. The van der Waals surface area contributed by atoms with Crippen LogP contribution in [0.3, 0.4) is 0 Å². The number of nitrogens with one attached hydrogen (secondary N) is 2. The molecule has 8 bridgehead atoms. The summed E-state index contributed by atoms with van der Waals surface area (Å²) in [5.74, 6) is 0. The maximum Gasteiger partial charge on any atom is 0.673 e. The lowest BCUT2D eigenvalue weighted by Gasteiger charge is -2.13. The highest BCUT2D eigenvalue weighted by molar-refractivity contribution is 6.50.